The number of para-hydroxylation sites is 1. The van der Waals surface area contributed by atoms with E-state index >= 15 is 0 Å². The van der Waals surface area contributed by atoms with E-state index in [1.807, 2.05) is 29.2 Å². The van der Waals surface area contributed by atoms with E-state index in [0.717, 1.165) is 25.1 Å². The molecular weight excluding hydrogens is 258 g/mol. The van der Waals surface area contributed by atoms with Crippen LogP contribution in [0.25, 0.3) is 0 Å². The van der Waals surface area contributed by atoms with Gasteiger partial charge in [-0.05, 0) is 24.5 Å². The number of carbonyl (C=O) groups excluding carboxylic acids is 2. The summed E-state index contributed by atoms with van der Waals surface area (Å²) in [6, 6.07) is 7.31. The molecule has 1 atom stereocenters. The van der Waals surface area contributed by atoms with Gasteiger partial charge in [0, 0.05) is 12.2 Å². The average molecular weight is 277 g/mol. The third-order valence-corrected chi connectivity index (χ3v) is 3.58. The molecule has 0 N–H and O–H groups in total. The summed E-state index contributed by atoms with van der Waals surface area (Å²) in [5, 5.41) is 0. The number of carbonyl (C=O) groups is 2. The number of rotatable bonds is 4. The average Bonchev–Trinajstić information content (AvgIpc) is 2.51. The van der Waals surface area contributed by atoms with Gasteiger partial charge in [-0.3, -0.25) is 4.79 Å². The summed E-state index contributed by atoms with van der Waals surface area (Å²) in [4.78, 5) is 25.5. The van der Waals surface area contributed by atoms with Crippen LogP contribution in [0.2, 0.25) is 0 Å². The molecule has 0 fully saturated rings. The lowest BCUT2D eigenvalue weighted by atomic mass is 9.99. The van der Waals surface area contributed by atoms with Gasteiger partial charge in [-0.1, -0.05) is 18.2 Å². The maximum atomic E-state index is 12.0. The second-order valence-electron chi connectivity index (χ2n) is 4.74. The number of ether oxygens (including phenoxy) is 2. The summed E-state index contributed by atoms with van der Waals surface area (Å²) >= 11 is 0. The zero-order chi connectivity index (χ0) is 14.5. The van der Waals surface area contributed by atoms with Crippen LogP contribution >= 0.6 is 0 Å². The normalized spacial score (nSPS) is 15.2. The predicted molar refractivity (Wildman–Crippen MR) is 74.5 cm³/mol. The Bertz CT molecular complexity index is 500. The van der Waals surface area contributed by atoms with Gasteiger partial charge in [0.1, 0.15) is 6.04 Å². The maximum Gasteiger partial charge on any atom is 0.329 e. The molecule has 0 saturated carbocycles. The van der Waals surface area contributed by atoms with Crippen molar-refractivity contribution >= 4 is 17.6 Å². The molecular formula is C15H19NO4. The molecule has 1 aromatic rings. The van der Waals surface area contributed by atoms with Crippen LogP contribution in [-0.4, -0.2) is 38.7 Å². The lowest BCUT2D eigenvalue weighted by molar-refractivity contribution is -0.148. The smallest absolute Gasteiger partial charge is 0.329 e. The van der Waals surface area contributed by atoms with Crippen LogP contribution in [0.15, 0.2) is 24.3 Å². The highest BCUT2D eigenvalue weighted by atomic mass is 16.5. The lowest BCUT2D eigenvalue weighted by Crippen LogP contribution is -2.46. The van der Waals surface area contributed by atoms with Crippen LogP contribution in [0.3, 0.4) is 0 Å². The molecule has 1 aliphatic rings. The first-order valence-electron chi connectivity index (χ1n) is 6.66. The fraction of sp³-hybridized carbons (Fsp3) is 0.467. The molecule has 108 valence electrons. The Morgan fingerprint density at radius 3 is 2.70 bits per heavy atom. The van der Waals surface area contributed by atoms with Gasteiger partial charge in [-0.15, -0.1) is 0 Å². The highest BCUT2D eigenvalue weighted by molar-refractivity contribution is 5.86. The zero-order valence-electron chi connectivity index (χ0n) is 11.8. The predicted octanol–water partition coefficient (Wildman–Crippen LogP) is 1.54. The van der Waals surface area contributed by atoms with Gasteiger partial charge in [0.2, 0.25) is 0 Å². The molecule has 1 aromatic carbocycles. The minimum Gasteiger partial charge on any atom is -0.469 e. The van der Waals surface area contributed by atoms with Gasteiger partial charge >= 0.3 is 11.9 Å². The van der Waals surface area contributed by atoms with E-state index < -0.39 is 18.0 Å². The molecule has 5 nitrogen and oxygen atoms in total. The van der Waals surface area contributed by atoms with Crippen LogP contribution in [0.1, 0.15) is 18.4 Å². The monoisotopic (exact) mass is 277 g/mol. The van der Waals surface area contributed by atoms with Crippen molar-refractivity contribution in [2.45, 2.75) is 25.3 Å². The summed E-state index contributed by atoms with van der Waals surface area (Å²) in [6.45, 7) is 0.730. The standard InChI is InChI=1S/C15H19NO4/c1-19-14(17)10-13(15(18)20-2)16-9-5-7-11-6-3-4-8-12(11)16/h3-4,6,8,13H,5,7,9-10H2,1-2H3. The molecule has 1 aliphatic heterocycles. The van der Waals surface area contributed by atoms with E-state index in [1.54, 1.807) is 0 Å². The summed E-state index contributed by atoms with van der Waals surface area (Å²) in [6.07, 6.45) is 1.93. The summed E-state index contributed by atoms with van der Waals surface area (Å²) < 4.78 is 9.52. The molecule has 1 heterocycles. The van der Waals surface area contributed by atoms with Crippen molar-refractivity contribution in [3.63, 3.8) is 0 Å². The van der Waals surface area contributed by atoms with Gasteiger partial charge in [0.25, 0.3) is 0 Å². The molecule has 0 bridgehead atoms. The number of esters is 2. The van der Waals surface area contributed by atoms with Gasteiger partial charge < -0.3 is 14.4 Å². The van der Waals surface area contributed by atoms with Crippen molar-refractivity contribution < 1.29 is 19.1 Å². The van der Waals surface area contributed by atoms with Crippen molar-refractivity contribution in [1.29, 1.82) is 0 Å². The third-order valence-electron chi connectivity index (χ3n) is 3.58. The Labute approximate surface area is 118 Å². The number of hydrogen-bond donors (Lipinski definition) is 0. The van der Waals surface area contributed by atoms with Gasteiger partial charge in [-0.2, -0.15) is 0 Å². The largest absolute Gasteiger partial charge is 0.469 e. The minimum atomic E-state index is -0.631. The van der Waals surface area contributed by atoms with Crippen molar-refractivity contribution in [1.82, 2.24) is 0 Å². The summed E-state index contributed by atoms with van der Waals surface area (Å²) in [7, 11) is 2.66. The van der Waals surface area contributed by atoms with Crippen LogP contribution in [-0.2, 0) is 25.5 Å². The topological polar surface area (TPSA) is 55.8 Å². The van der Waals surface area contributed by atoms with E-state index in [2.05, 4.69) is 4.74 Å². The van der Waals surface area contributed by atoms with Gasteiger partial charge in [0.05, 0.1) is 20.6 Å². The van der Waals surface area contributed by atoms with E-state index in [4.69, 9.17) is 4.74 Å². The van der Waals surface area contributed by atoms with Crippen molar-refractivity contribution in [2.24, 2.45) is 0 Å². The molecule has 5 heteroatoms. The summed E-state index contributed by atoms with van der Waals surface area (Å²) in [5.74, 6) is -0.824. The van der Waals surface area contributed by atoms with Crippen molar-refractivity contribution in [3.8, 4) is 0 Å². The second kappa shape index (κ2) is 6.41. The fourth-order valence-electron chi connectivity index (χ4n) is 2.58. The first kappa shape index (κ1) is 14.4. The number of benzene rings is 1. The second-order valence-corrected chi connectivity index (χ2v) is 4.74. The molecule has 0 spiro atoms. The molecule has 20 heavy (non-hydrogen) atoms. The number of methoxy groups -OCH3 is 2. The highest BCUT2D eigenvalue weighted by Gasteiger charge is 2.32. The first-order chi connectivity index (χ1) is 9.67. The molecule has 0 amide bonds. The molecule has 1 unspecified atom stereocenters. The summed E-state index contributed by atoms with van der Waals surface area (Å²) in [5.41, 5.74) is 2.19. The van der Waals surface area contributed by atoms with Crippen LogP contribution in [0, 0.1) is 0 Å². The zero-order valence-corrected chi connectivity index (χ0v) is 11.8. The number of hydrogen-bond acceptors (Lipinski definition) is 5. The Balaban J connectivity index is 2.30. The number of anilines is 1. The minimum absolute atomic E-state index is 0.00247. The third kappa shape index (κ3) is 2.92. The lowest BCUT2D eigenvalue weighted by Gasteiger charge is -2.36. The van der Waals surface area contributed by atoms with Crippen LogP contribution < -0.4 is 4.90 Å². The molecule has 0 aliphatic carbocycles. The van der Waals surface area contributed by atoms with E-state index in [0.29, 0.717) is 0 Å². The van der Waals surface area contributed by atoms with Gasteiger partial charge in [-0.25, -0.2) is 4.79 Å². The SMILES string of the molecule is COC(=O)CC(C(=O)OC)N1CCCc2ccccc21. The molecule has 0 radical (unpaired) electrons. The number of fused-ring (bicyclic) bond motifs is 1. The number of aryl methyl sites for hydroxylation is 1. The first-order valence-corrected chi connectivity index (χ1v) is 6.66. The van der Waals surface area contributed by atoms with Crippen molar-refractivity contribution in [3.05, 3.63) is 29.8 Å². The Morgan fingerprint density at radius 2 is 2.00 bits per heavy atom. The fourth-order valence-corrected chi connectivity index (χ4v) is 2.58. The Hall–Kier alpha value is -2.04. The van der Waals surface area contributed by atoms with Gasteiger partial charge in [0.15, 0.2) is 0 Å². The maximum absolute atomic E-state index is 12.0. The van der Waals surface area contributed by atoms with E-state index in [1.165, 1.54) is 19.8 Å². The van der Waals surface area contributed by atoms with Crippen LogP contribution in [0.5, 0.6) is 0 Å². The number of nitrogens with zero attached hydrogens (tertiary/aromatic N) is 1. The van der Waals surface area contributed by atoms with Crippen LogP contribution in [0.4, 0.5) is 5.69 Å². The Morgan fingerprint density at radius 1 is 1.25 bits per heavy atom. The molecule has 0 aromatic heterocycles. The van der Waals surface area contributed by atoms with E-state index in [9.17, 15) is 9.59 Å². The van der Waals surface area contributed by atoms with Crippen molar-refractivity contribution in [2.75, 3.05) is 25.7 Å². The quantitative estimate of drug-likeness (QED) is 0.781. The molecule has 2 rings (SSSR count). The van der Waals surface area contributed by atoms with E-state index in [-0.39, 0.29) is 6.42 Å². The highest BCUT2D eigenvalue weighted by Crippen LogP contribution is 2.29. The Kier molecular flexibility index (Phi) is 4.61. The molecule has 0 saturated heterocycles.